The first-order valence-electron chi connectivity index (χ1n) is 28.0. The number of nitrogens with one attached hydrogen (secondary N) is 1. The molecule has 3 nitrogen and oxygen atoms in total. The minimum Gasteiger partial charge on any atom is -0.454 e. The van der Waals surface area contributed by atoms with Gasteiger partial charge in [0.1, 0.15) is 5.58 Å². The highest BCUT2D eigenvalue weighted by Gasteiger charge is 2.45. The number of rotatable bonds is 4. The van der Waals surface area contributed by atoms with E-state index < -0.39 is 0 Å². The molecule has 375 valence electrons. The summed E-state index contributed by atoms with van der Waals surface area (Å²) in [4.78, 5) is 2.65. The van der Waals surface area contributed by atoms with E-state index in [1.807, 2.05) is 0 Å². The zero-order valence-electron chi connectivity index (χ0n) is 47.1. The highest BCUT2D eigenvalue weighted by Crippen LogP contribution is 2.56. The van der Waals surface area contributed by atoms with Crippen LogP contribution in [0.15, 0.2) is 114 Å². The first-order valence-corrected chi connectivity index (χ1v) is 28.0. The van der Waals surface area contributed by atoms with E-state index in [0.717, 1.165) is 58.3 Å². The summed E-state index contributed by atoms with van der Waals surface area (Å²) in [6.07, 6.45) is 6.97. The van der Waals surface area contributed by atoms with Crippen LogP contribution >= 0.6 is 0 Å². The first-order chi connectivity index (χ1) is 34.8. The van der Waals surface area contributed by atoms with Crippen molar-refractivity contribution in [1.82, 2.24) is 0 Å². The fourth-order valence-electron chi connectivity index (χ4n) is 14.8. The third-order valence-electron chi connectivity index (χ3n) is 20.0. The topological polar surface area (TPSA) is 28.4 Å². The van der Waals surface area contributed by atoms with Gasteiger partial charge in [-0.05, 0) is 204 Å². The monoisotopic (exact) mass is 972 g/mol. The quantitative estimate of drug-likeness (QED) is 0.178. The van der Waals surface area contributed by atoms with Gasteiger partial charge < -0.3 is 14.6 Å². The summed E-state index contributed by atoms with van der Waals surface area (Å²) >= 11 is 0. The standard InChI is InChI=1S/C70H76BN2O/c1-40-34-50-54(69(12,13)33-30-65(50,4)5)39-57(40)73-56-27-26-49-59(43-21-16-18-22-47(43)70(49,14)15)61(56)71-60-45(36-46-42-20-17-19-23-58(42)74-63(46)62(60)73)44-37-52-53(68(10,11)32-31-67(52,8)9)38-55(44)72-41-24-25-48-51(35-41)66(6,7)29-28-64(48,2)3/h16-27,34-39,72H,28-33H2,1-15H3. The summed E-state index contributed by atoms with van der Waals surface area (Å²) in [5, 5.41) is 6.50. The maximum atomic E-state index is 7.31. The molecule has 4 aliphatic carbocycles. The molecule has 1 aromatic heterocycles. The van der Waals surface area contributed by atoms with Crippen LogP contribution in [0.2, 0.25) is 0 Å². The zero-order chi connectivity index (χ0) is 52.0. The summed E-state index contributed by atoms with van der Waals surface area (Å²) in [5.41, 5.74) is 28.3. The van der Waals surface area contributed by atoms with Crippen molar-refractivity contribution in [3.63, 3.8) is 0 Å². The maximum Gasteiger partial charge on any atom is 0.198 e. The highest BCUT2D eigenvalue weighted by atomic mass is 16.3. The van der Waals surface area contributed by atoms with Crippen molar-refractivity contribution in [2.45, 2.75) is 180 Å². The van der Waals surface area contributed by atoms with Gasteiger partial charge in [0, 0.05) is 44.5 Å². The van der Waals surface area contributed by atoms with Gasteiger partial charge in [-0.15, -0.1) is 0 Å². The molecule has 4 heteroatoms. The summed E-state index contributed by atoms with van der Waals surface area (Å²) in [5.74, 6) is 0. The van der Waals surface area contributed by atoms with Gasteiger partial charge in [0.15, 0.2) is 12.9 Å². The highest BCUT2D eigenvalue weighted by molar-refractivity contribution is 6.75. The molecule has 8 aromatic rings. The minimum absolute atomic E-state index is 0.00858. The Morgan fingerprint density at radius 2 is 1.00 bits per heavy atom. The third kappa shape index (κ3) is 6.77. The smallest absolute Gasteiger partial charge is 0.198 e. The fraction of sp³-hybridized carbons (Fsp3) is 0.400. The molecule has 0 spiro atoms. The average Bonchev–Trinajstić information content (AvgIpc) is 3.84. The molecule has 5 aliphatic rings. The molecule has 1 N–H and O–H groups in total. The Kier molecular flexibility index (Phi) is 9.88. The van der Waals surface area contributed by atoms with E-state index in [2.05, 4.69) is 231 Å². The molecule has 0 amide bonds. The second-order valence-electron chi connectivity index (χ2n) is 28.0. The van der Waals surface area contributed by atoms with Crippen LogP contribution in [0.3, 0.4) is 0 Å². The van der Waals surface area contributed by atoms with Crippen molar-refractivity contribution in [2.24, 2.45) is 0 Å². The number of benzene rings is 7. The first kappa shape index (κ1) is 47.7. The van der Waals surface area contributed by atoms with Gasteiger partial charge in [-0.25, -0.2) is 0 Å². The lowest BCUT2D eigenvalue weighted by Gasteiger charge is -2.44. The van der Waals surface area contributed by atoms with E-state index in [4.69, 9.17) is 4.42 Å². The second-order valence-corrected chi connectivity index (χ2v) is 28.0. The SMILES string of the molecule is Cc1cc2c(cc1N1c3ccc4c(c3[B]c3c(-c5cc6c(cc5Nc5ccc7c(c5)C(C)(C)CCC7(C)C)C(C)(C)CCC6(C)C)cc5c(oc6ccccc65)c31)-c1ccccc1C4(C)C)C(C)(C)CCC2(C)C. The molecular formula is C70H76BN2O. The molecule has 7 aromatic carbocycles. The zero-order valence-corrected chi connectivity index (χ0v) is 47.1. The summed E-state index contributed by atoms with van der Waals surface area (Å²) in [6.45, 7) is 36.6. The van der Waals surface area contributed by atoms with Gasteiger partial charge in [0.2, 0.25) is 0 Å². The predicted octanol–water partition coefficient (Wildman–Crippen LogP) is 18.1. The van der Waals surface area contributed by atoms with E-state index >= 15 is 0 Å². The molecule has 0 unspecified atom stereocenters. The van der Waals surface area contributed by atoms with E-state index in [-0.39, 0.29) is 37.9 Å². The number of hydrogen-bond acceptors (Lipinski definition) is 3. The minimum atomic E-state index is -0.157. The van der Waals surface area contributed by atoms with Crippen LogP contribution < -0.4 is 21.1 Å². The number of aryl methyl sites for hydroxylation is 1. The molecule has 74 heavy (non-hydrogen) atoms. The van der Waals surface area contributed by atoms with Crippen LogP contribution in [0.1, 0.15) is 186 Å². The molecule has 0 bridgehead atoms. The van der Waals surface area contributed by atoms with Gasteiger partial charge in [0.25, 0.3) is 0 Å². The van der Waals surface area contributed by atoms with Gasteiger partial charge in [-0.3, -0.25) is 0 Å². The molecule has 0 saturated carbocycles. The Hall–Kier alpha value is -6.00. The lowest BCUT2D eigenvalue weighted by Crippen LogP contribution is -2.43. The number of hydrogen-bond donors (Lipinski definition) is 1. The number of anilines is 5. The fourth-order valence-corrected chi connectivity index (χ4v) is 14.8. The number of fused-ring (bicyclic) bond motifs is 13. The van der Waals surface area contributed by atoms with Crippen LogP contribution in [0.25, 0.3) is 44.2 Å². The lowest BCUT2D eigenvalue weighted by atomic mass is 9.55. The number of para-hydroxylation sites is 1. The van der Waals surface area contributed by atoms with E-state index in [0.29, 0.717) is 0 Å². The Bertz CT molecular complexity index is 3740. The molecule has 0 saturated heterocycles. The third-order valence-corrected chi connectivity index (χ3v) is 20.0. The largest absolute Gasteiger partial charge is 0.454 e. The molecule has 1 aliphatic heterocycles. The van der Waals surface area contributed by atoms with Crippen molar-refractivity contribution in [3.05, 3.63) is 159 Å². The summed E-state index contributed by atoms with van der Waals surface area (Å²) in [6, 6.07) is 42.8. The van der Waals surface area contributed by atoms with Crippen molar-refractivity contribution < 1.29 is 4.42 Å². The summed E-state index contributed by atoms with van der Waals surface area (Å²) in [7, 11) is 2.57. The average molecular weight is 972 g/mol. The molecule has 0 fully saturated rings. The Morgan fingerprint density at radius 1 is 0.446 bits per heavy atom. The Morgan fingerprint density at radius 3 is 1.68 bits per heavy atom. The van der Waals surface area contributed by atoms with Crippen molar-refractivity contribution in [1.29, 1.82) is 0 Å². The van der Waals surface area contributed by atoms with Gasteiger partial charge in [-0.1, -0.05) is 158 Å². The summed E-state index contributed by atoms with van der Waals surface area (Å²) < 4.78 is 7.31. The molecule has 13 rings (SSSR count). The molecular weight excluding hydrogens is 896 g/mol. The maximum absolute atomic E-state index is 7.31. The number of nitrogens with zero attached hydrogens (tertiary/aromatic N) is 1. The van der Waals surface area contributed by atoms with Crippen LogP contribution in [0.5, 0.6) is 0 Å². The van der Waals surface area contributed by atoms with Gasteiger partial charge in [0.05, 0.1) is 5.69 Å². The van der Waals surface area contributed by atoms with E-state index in [1.165, 1.54) is 114 Å². The van der Waals surface area contributed by atoms with Crippen LogP contribution in [-0.2, 0) is 37.9 Å². The van der Waals surface area contributed by atoms with Crippen molar-refractivity contribution in [3.8, 4) is 22.3 Å². The normalized spacial score (nSPS) is 20.3. The second kappa shape index (κ2) is 15.3. The lowest BCUT2D eigenvalue weighted by molar-refractivity contribution is 0.332. The van der Waals surface area contributed by atoms with Crippen LogP contribution in [-0.4, -0.2) is 7.28 Å². The van der Waals surface area contributed by atoms with Crippen molar-refractivity contribution in [2.75, 3.05) is 10.2 Å². The van der Waals surface area contributed by atoms with Crippen LogP contribution in [0.4, 0.5) is 28.4 Å². The number of furan rings is 1. The Balaban J connectivity index is 1.16. The molecule has 1 radical (unpaired) electrons. The van der Waals surface area contributed by atoms with Crippen molar-refractivity contribution >= 4 is 68.6 Å². The van der Waals surface area contributed by atoms with Gasteiger partial charge >= 0.3 is 0 Å². The predicted molar refractivity (Wildman–Crippen MR) is 317 cm³/mol. The Labute approximate surface area is 442 Å². The van der Waals surface area contributed by atoms with Crippen LogP contribution in [0, 0.1) is 6.92 Å². The van der Waals surface area contributed by atoms with Gasteiger partial charge in [-0.2, -0.15) is 0 Å². The molecule has 2 heterocycles. The van der Waals surface area contributed by atoms with E-state index in [1.54, 1.807) is 0 Å². The van der Waals surface area contributed by atoms with E-state index in [9.17, 15) is 0 Å². The molecule has 0 atom stereocenters.